The standard InChI is InChI=1S/C23H18ClN3O3/c1-23(16-8-12-18(13-9-16)27(28)29)26-21(19-4-2-3-5-22(19)30-23)14-20(25-26)15-6-10-17(24)11-7-15/h2-13,21H,14H2,1H3/t21-,23-/m1/s1. The van der Waals surface area contributed by atoms with Gasteiger partial charge in [0.25, 0.3) is 5.69 Å². The molecule has 0 bridgehead atoms. The van der Waals surface area contributed by atoms with Crippen molar-refractivity contribution in [2.24, 2.45) is 5.10 Å². The Morgan fingerprint density at radius 2 is 1.80 bits per heavy atom. The van der Waals surface area contributed by atoms with Gasteiger partial charge in [0.15, 0.2) is 0 Å². The lowest BCUT2D eigenvalue weighted by Crippen LogP contribution is -2.48. The maximum absolute atomic E-state index is 11.1. The van der Waals surface area contributed by atoms with Gasteiger partial charge in [0, 0.05) is 41.6 Å². The van der Waals surface area contributed by atoms with Gasteiger partial charge in [0.1, 0.15) is 5.75 Å². The second-order valence-electron chi connectivity index (χ2n) is 7.54. The highest BCUT2D eigenvalue weighted by molar-refractivity contribution is 6.30. The van der Waals surface area contributed by atoms with Gasteiger partial charge in [-0.2, -0.15) is 5.10 Å². The number of non-ortho nitro benzene ring substituents is 1. The minimum absolute atomic E-state index is 0.000759. The number of benzene rings is 3. The van der Waals surface area contributed by atoms with Gasteiger partial charge >= 0.3 is 0 Å². The Bertz CT molecular complexity index is 1160. The van der Waals surface area contributed by atoms with Crippen molar-refractivity contribution < 1.29 is 9.66 Å². The first-order valence-corrected chi connectivity index (χ1v) is 9.99. The quantitative estimate of drug-likeness (QED) is 0.405. The maximum Gasteiger partial charge on any atom is 0.269 e. The van der Waals surface area contributed by atoms with Gasteiger partial charge in [0.2, 0.25) is 5.72 Å². The molecule has 0 spiro atoms. The first kappa shape index (κ1) is 18.6. The number of fused-ring (bicyclic) bond motifs is 3. The summed E-state index contributed by atoms with van der Waals surface area (Å²) in [6.45, 7) is 1.95. The number of nitro groups is 1. The highest BCUT2D eigenvalue weighted by atomic mass is 35.5. The summed E-state index contributed by atoms with van der Waals surface area (Å²) in [5, 5.41) is 18.7. The normalized spacial score (nSPS) is 22.0. The van der Waals surface area contributed by atoms with Gasteiger partial charge in [-0.25, -0.2) is 5.01 Å². The van der Waals surface area contributed by atoms with E-state index in [1.807, 2.05) is 54.4 Å². The van der Waals surface area contributed by atoms with Gasteiger partial charge in [-0.05, 0) is 35.9 Å². The molecule has 0 saturated heterocycles. The van der Waals surface area contributed by atoms with Crippen LogP contribution in [-0.2, 0) is 5.72 Å². The summed E-state index contributed by atoms with van der Waals surface area (Å²) < 4.78 is 6.45. The second-order valence-corrected chi connectivity index (χ2v) is 7.98. The van der Waals surface area contributed by atoms with Crippen LogP contribution in [-0.4, -0.2) is 15.6 Å². The number of nitrogens with zero attached hydrogens (tertiary/aromatic N) is 3. The van der Waals surface area contributed by atoms with Crippen molar-refractivity contribution in [1.82, 2.24) is 5.01 Å². The van der Waals surface area contributed by atoms with Gasteiger partial charge in [-0.1, -0.05) is 41.9 Å². The van der Waals surface area contributed by atoms with Crippen molar-refractivity contribution in [1.29, 1.82) is 0 Å². The van der Waals surface area contributed by atoms with Crippen molar-refractivity contribution in [3.63, 3.8) is 0 Å². The third kappa shape index (κ3) is 2.92. The molecule has 3 aromatic rings. The molecule has 0 fully saturated rings. The smallest absolute Gasteiger partial charge is 0.269 e. The zero-order valence-corrected chi connectivity index (χ0v) is 16.9. The van der Waals surface area contributed by atoms with Crippen molar-refractivity contribution in [3.8, 4) is 5.75 Å². The van der Waals surface area contributed by atoms with Crippen LogP contribution in [0.3, 0.4) is 0 Å². The number of hydrogen-bond acceptors (Lipinski definition) is 5. The summed E-state index contributed by atoms with van der Waals surface area (Å²) in [7, 11) is 0. The van der Waals surface area contributed by atoms with Crippen molar-refractivity contribution in [3.05, 3.63) is 105 Å². The fourth-order valence-electron chi connectivity index (χ4n) is 4.16. The zero-order valence-electron chi connectivity index (χ0n) is 16.2. The second kappa shape index (κ2) is 6.85. The molecule has 0 saturated carbocycles. The van der Waals surface area contributed by atoms with E-state index >= 15 is 0 Å². The fourth-order valence-corrected chi connectivity index (χ4v) is 4.28. The molecule has 0 radical (unpaired) electrons. The predicted octanol–water partition coefficient (Wildman–Crippen LogP) is 5.66. The van der Waals surface area contributed by atoms with Crippen LogP contribution in [0.5, 0.6) is 5.75 Å². The lowest BCUT2D eigenvalue weighted by Gasteiger charge is -2.45. The van der Waals surface area contributed by atoms with Gasteiger partial charge < -0.3 is 4.74 Å². The van der Waals surface area contributed by atoms with Crippen molar-refractivity contribution >= 4 is 23.0 Å². The molecule has 5 rings (SSSR count). The van der Waals surface area contributed by atoms with Crippen LogP contribution >= 0.6 is 11.6 Å². The number of rotatable bonds is 3. The number of ether oxygens (including phenoxy) is 1. The summed E-state index contributed by atoms with van der Waals surface area (Å²) in [5.41, 5.74) is 2.98. The van der Waals surface area contributed by atoms with Crippen LogP contribution in [0.25, 0.3) is 0 Å². The monoisotopic (exact) mass is 419 g/mol. The molecular formula is C23H18ClN3O3. The van der Waals surface area contributed by atoms with Crippen LogP contribution < -0.4 is 4.74 Å². The molecule has 0 N–H and O–H groups in total. The Morgan fingerprint density at radius 1 is 1.10 bits per heavy atom. The molecule has 2 heterocycles. The van der Waals surface area contributed by atoms with E-state index in [9.17, 15) is 10.1 Å². The lowest BCUT2D eigenvalue weighted by atomic mass is 9.92. The molecule has 0 aromatic heterocycles. The molecule has 3 aromatic carbocycles. The Morgan fingerprint density at radius 3 is 2.50 bits per heavy atom. The number of nitro benzene ring substituents is 1. The molecule has 150 valence electrons. The zero-order chi connectivity index (χ0) is 20.9. The summed E-state index contributed by atoms with van der Waals surface area (Å²) in [6, 6.07) is 22.1. The predicted molar refractivity (Wildman–Crippen MR) is 115 cm³/mol. The molecule has 0 amide bonds. The molecule has 0 aliphatic carbocycles. The van der Waals surface area contributed by atoms with Crippen LogP contribution in [0.2, 0.25) is 5.02 Å². The minimum atomic E-state index is -0.900. The third-order valence-corrected chi connectivity index (χ3v) is 5.98. The van der Waals surface area contributed by atoms with E-state index in [2.05, 4.69) is 6.07 Å². The fraction of sp³-hybridized carbons (Fsp3) is 0.174. The highest BCUT2D eigenvalue weighted by Gasteiger charge is 2.48. The van der Waals surface area contributed by atoms with E-state index in [1.165, 1.54) is 12.1 Å². The summed E-state index contributed by atoms with van der Waals surface area (Å²) in [4.78, 5) is 10.7. The Balaban J connectivity index is 1.61. The SMILES string of the molecule is C[C@]1(c2ccc([N+](=O)[O-])cc2)Oc2ccccc2[C@H]2CC(c3ccc(Cl)cc3)=NN21. The van der Waals surface area contributed by atoms with Gasteiger partial charge in [0.05, 0.1) is 16.7 Å². The van der Waals surface area contributed by atoms with Crippen LogP contribution in [0.15, 0.2) is 77.9 Å². The molecule has 6 nitrogen and oxygen atoms in total. The average molecular weight is 420 g/mol. The topological polar surface area (TPSA) is 68.0 Å². The third-order valence-electron chi connectivity index (χ3n) is 5.73. The first-order chi connectivity index (χ1) is 14.5. The molecule has 7 heteroatoms. The summed E-state index contributed by atoms with van der Waals surface area (Å²) in [6.07, 6.45) is 0.727. The van der Waals surface area contributed by atoms with E-state index in [-0.39, 0.29) is 11.7 Å². The minimum Gasteiger partial charge on any atom is -0.462 e. The number of hydrazone groups is 1. The van der Waals surface area contributed by atoms with Crippen LogP contribution in [0, 0.1) is 10.1 Å². The Labute approximate surface area is 178 Å². The van der Waals surface area contributed by atoms with E-state index < -0.39 is 10.6 Å². The summed E-state index contributed by atoms with van der Waals surface area (Å²) in [5.74, 6) is 0.798. The maximum atomic E-state index is 11.1. The summed E-state index contributed by atoms with van der Waals surface area (Å²) >= 11 is 6.05. The molecular weight excluding hydrogens is 402 g/mol. The Kier molecular flexibility index (Phi) is 4.25. The number of para-hydroxylation sites is 1. The van der Waals surface area contributed by atoms with E-state index in [0.717, 1.165) is 34.6 Å². The highest BCUT2D eigenvalue weighted by Crippen LogP contribution is 2.50. The molecule has 0 unspecified atom stereocenters. The van der Waals surface area contributed by atoms with Crippen LogP contribution in [0.1, 0.15) is 36.1 Å². The number of hydrogen-bond donors (Lipinski definition) is 0. The lowest BCUT2D eigenvalue weighted by molar-refractivity contribution is -0.384. The number of halogens is 1. The molecule has 30 heavy (non-hydrogen) atoms. The average Bonchev–Trinajstić information content (AvgIpc) is 3.21. The van der Waals surface area contributed by atoms with E-state index in [1.54, 1.807) is 12.1 Å². The molecule has 2 aliphatic heterocycles. The van der Waals surface area contributed by atoms with Crippen molar-refractivity contribution in [2.75, 3.05) is 0 Å². The molecule has 2 aliphatic rings. The van der Waals surface area contributed by atoms with Crippen LogP contribution in [0.4, 0.5) is 5.69 Å². The first-order valence-electron chi connectivity index (χ1n) is 9.61. The molecule has 2 atom stereocenters. The van der Waals surface area contributed by atoms with Gasteiger partial charge in [-0.3, -0.25) is 10.1 Å². The van der Waals surface area contributed by atoms with Gasteiger partial charge in [-0.15, -0.1) is 0 Å². The van der Waals surface area contributed by atoms with E-state index in [0.29, 0.717) is 5.02 Å². The largest absolute Gasteiger partial charge is 0.462 e. The Hall–Kier alpha value is -3.38. The van der Waals surface area contributed by atoms with E-state index in [4.69, 9.17) is 21.4 Å². The van der Waals surface area contributed by atoms with Crippen molar-refractivity contribution in [2.45, 2.75) is 25.1 Å².